The van der Waals surface area contributed by atoms with Crippen molar-refractivity contribution in [2.75, 3.05) is 0 Å². The van der Waals surface area contributed by atoms with E-state index in [0.29, 0.717) is 16.9 Å². The number of rotatable bonds is 1. The van der Waals surface area contributed by atoms with E-state index in [1.807, 2.05) is 0 Å². The Bertz CT molecular complexity index is 337. The van der Waals surface area contributed by atoms with Gasteiger partial charge in [0.25, 0.3) is 0 Å². The second-order valence-electron chi connectivity index (χ2n) is 4.63. The van der Waals surface area contributed by atoms with Crippen LogP contribution in [0.4, 0.5) is 0 Å². The van der Waals surface area contributed by atoms with Crippen LogP contribution in [-0.4, -0.2) is 17.1 Å². The van der Waals surface area contributed by atoms with Gasteiger partial charge in [0.1, 0.15) is 6.04 Å². The first kappa shape index (κ1) is 10.6. The van der Waals surface area contributed by atoms with Crippen LogP contribution in [0, 0.1) is 11.8 Å². The van der Waals surface area contributed by atoms with E-state index in [2.05, 4.69) is 30.6 Å². The highest BCUT2D eigenvalue weighted by atomic mass is 32.1. The lowest BCUT2D eigenvalue weighted by Crippen LogP contribution is -2.38. The van der Waals surface area contributed by atoms with E-state index in [1.165, 1.54) is 5.57 Å². The summed E-state index contributed by atoms with van der Waals surface area (Å²) in [5.41, 5.74) is 1.38. The second kappa shape index (κ2) is 3.93. The van der Waals surface area contributed by atoms with E-state index in [9.17, 15) is 4.79 Å². The predicted octanol–water partition coefficient (Wildman–Crippen LogP) is 1.35. The van der Waals surface area contributed by atoms with Gasteiger partial charge in [-0.25, -0.2) is 0 Å². The number of carbonyl (C=O) groups excluding carboxylic acids is 1. The zero-order chi connectivity index (χ0) is 11.0. The molecule has 3 nitrogen and oxygen atoms in total. The SMILES string of the molecule is CC1=CC(C)CC(C2NC(=S)NC2=O)C1. The third-order valence-corrected chi connectivity index (χ3v) is 3.32. The van der Waals surface area contributed by atoms with Crippen molar-refractivity contribution in [3.8, 4) is 0 Å². The highest BCUT2D eigenvalue weighted by Crippen LogP contribution is 2.30. The van der Waals surface area contributed by atoms with Crippen LogP contribution in [0.2, 0.25) is 0 Å². The third-order valence-electron chi connectivity index (χ3n) is 3.10. The minimum Gasteiger partial charge on any atom is -0.350 e. The quantitative estimate of drug-likeness (QED) is 0.522. The molecule has 3 unspecified atom stereocenters. The summed E-state index contributed by atoms with van der Waals surface area (Å²) in [5.74, 6) is 0.977. The van der Waals surface area contributed by atoms with Gasteiger partial charge in [-0.15, -0.1) is 0 Å². The fourth-order valence-electron chi connectivity index (χ4n) is 2.61. The van der Waals surface area contributed by atoms with Crippen LogP contribution in [0.1, 0.15) is 26.7 Å². The fourth-order valence-corrected chi connectivity index (χ4v) is 2.84. The van der Waals surface area contributed by atoms with Gasteiger partial charge in [-0.3, -0.25) is 4.79 Å². The van der Waals surface area contributed by atoms with Gasteiger partial charge < -0.3 is 10.6 Å². The number of hydrogen-bond acceptors (Lipinski definition) is 2. The molecule has 0 radical (unpaired) electrons. The molecule has 1 aliphatic carbocycles. The first-order valence-corrected chi connectivity index (χ1v) is 5.75. The van der Waals surface area contributed by atoms with E-state index in [0.717, 1.165) is 12.8 Å². The van der Waals surface area contributed by atoms with Crippen molar-refractivity contribution >= 4 is 23.2 Å². The van der Waals surface area contributed by atoms with E-state index in [1.54, 1.807) is 0 Å². The molecule has 2 aliphatic rings. The maximum Gasteiger partial charge on any atom is 0.248 e. The Morgan fingerprint density at radius 1 is 1.53 bits per heavy atom. The molecule has 0 spiro atoms. The summed E-state index contributed by atoms with van der Waals surface area (Å²) in [4.78, 5) is 11.6. The van der Waals surface area contributed by atoms with Crippen molar-refractivity contribution < 1.29 is 4.79 Å². The Morgan fingerprint density at radius 3 is 2.80 bits per heavy atom. The number of hydrogen-bond donors (Lipinski definition) is 2. The molecule has 0 aromatic heterocycles. The van der Waals surface area contributed by atoms with Gasteiger partial charge in [-0.1, -0.05) is 18.6 Å². The first-order valence-electron chi connectivity index (χ1n) is 5.35. The summed E-state index contributed by atoms with van der Waals surface area (Å²) in [6.07, 6.45) is 4.35. The van der Waals surface area contributed by atoms with Crippen LogP contribution >= 0.6 is 12.2 Å². The Kier molecular flexibility index (Phi) is 2.78. The van der Waals surface area contributed by atoms with Crippen LogP contribution in [0.25, 0.3) is 0 Å². The molecule has 1 saturated heterocycles. The predicted molar refractivity (Wildman–Crippen MR) is 63.3 cm³/mol. The van der Waals surface area contributed by atoms with Crippen molar-refractivity contribution in [1.82, 2.24) is 10.6 Å². The molecule has 1 aliphatic heterocycles. The van der Waals surface area contributed by atoms with Gasteiger partial charge in [0.2, 0.25) is 5.91 Å². The maximum absolute atomic E-state index is 11.6. The van der Waals surface area contributed by atoms with E-state index in [4.69, 9.17) is 12.2 Å². The highest BCUT2D eigenvalue weighted by Gasteiger charge is 2.36. The van der Waals surface area contributed by atoms with Crippen LogP contribution in [-0.2, 0) is 4.79 Å². The normalized spacial score (nSPS) is 35.9. The van der Waals surface area contributed by atoms with Crippen LogP contribution < -0.4 is 10.6 Å². The summed E-state index contributed by atoms with van der Waals surface area (Å²) < 4.78 is 0. The average molecular weight is 224 g/mol. The van der Waals surface area contributed by atoms with E-state index in [-0.39, 0.29) is 11.9 Å². The van der Waals surface area contributed by atoms with Gasteiger partial charge >= 0.3 is 0 Å². The monoisotopic (exact) mass is 224 g/mol. The number of allylic oxidation sites excluding steroid dienone is 2. The Balaban J connectivity index is 2.09. The zero-order valence-electron chi connectivity index (χ0n) is 9.04. The molecule has 2 rings (SSSR count). The number of thiocarbonyl (C=S) groups is 1. The molecule has 0 saturated carbocycles. The van der Waals surface area contributed by atoms with Gasteiger partial charge in [-0.05, 0) is 43.8 Å². The van der Waals surface area contributed by atoms with Crippen molar-refractivity contribution in [1.29, 1.82) is 0 Å². The van der Waals surface area contributed by atoms with Gasteiger partial charge in [0, 0.05) is 0 Å². The fraction of sp³-hybridized carbons (Fsp3) is 0.636. The summed E-state index contributed by atoms with van der Waals surface area (Å²) in [6, 6.07) is -0.122. The van der Waals surface area contributed by atoms with E-state index >= 15 is 0 Å². The van der Waals surface area contributed by atoms with Crippen LogP contribution in [0.5, 0.6) is 0 Å². The van der Waals surface area contributed by atoms with Gasteiger partial charge in [0.15, 0.2) is 5.11 Å². The standard InChI is InChI=1S/C11H16N2OS/c1-6-3-7(2)5-8(4-6)9-10(14)13-11(15)12-9/h3,6,8-9H,4-5H2,1-2H3,(H2,12,13,14,15). The molecular formula is C11H16N2OS. The molecule has 0 bridgehead atoms. The van der Waals surface area contributed by atoms with Gasteiger partial charge in [-0.2, -0.15) is 0 Å². The molecule has 2 N–H and O–H groups in total. The lowest BCUT2D eigenvalue weighted by atomic mass is 9.79. The maximum atomic E-state index is 11.6. The lowest BCUT2D eigenvalue weighted by Gasteiger charge is -2.28. The molecular weight excluding hydrogens is 208 g/mol. The Labute approximate surface area is 95.3 Å². The Morgan fingerprint density at radius 2 is 2.27 bits per heavy atom. The number of amides is 1. The highest BCUT2D eigenvalue weighted by molar-refractivity contribution is 7.80. The Hall–Kier alpha value is -0.900. The van der Waals surface area contributed by atoms with Crippen LogP contribution in [0.15, 0.2) is 11.6 Å². The van der Waals surface area contributed by atoms with Crippen LogP contribution in [0.3, 0.4) is 0 Å². The molecule has 1 heterocycles. The summed E-state index contributed by atoms with van der Waals surface area (Å²) in [6.45, 7) is 4.33. The largest absolute Gasteiger partial charge is 0.350 e. The minimum atomic E-state index is -0.122. The molecule has 82 valence electrons. The number of carbonyl (C=O) groups is 1. The lowest BCUT2D eigenvalue weighted by molar-refractivity contribution is -0.121. The third kappa shape index (κ3) is 2.20. The van der Waals surface area contributed by atoms with Crippen molar-refractivity contribution in [3.05, 3.63) is 11.6 Å². The molecule has 1 amide bonds. The first-order chi connectivity index (χ1) is 7.06. The number of nitrogens with one attached hydrogen (secondary N) is 2. The van der Waals surface area contributed by atoms with Gasteiger partial charge in [0.05, 0.1) is 0 Å². The van der Waals surface area contributed by atoms with Crippen molar-refractivity contribution in [2.45, 2.75) is 32.7 Å². The molecule has 0 aromatic carbocycles. The topological polar surface area (TPSA) is 41.1 Å². The summed E-state index contributed by atoms with van der Waals surface area (Å²) in [5, 5.41) is 6.19. The molecule has 0 aromatic rings. The minimum absolute atomic E-state index is 0.0342. The molecule has 3 atom stereocenters. The molecule has 15 heavy (non-hydrogen) atoms. The molecule has 1 fully saturated rings. The second-order valence-corrected chi connectivity index (χ2v) is 5.04. The average Bonchev–Trinajstić information content (AvgIpc) is 2.43. The van der Waals surface area contributed by atoms with Crippen molar-refractivity contribution in [2.24, 2.45) is 11.8 Å². The smallest absolute Gasteiger partial charge is 0.248 e. The molecule has 4 heteroatoms. The summed E-state index contributed by atoms with van der Waals surface area (Å²) >= 11 is 4.94. The van der Waals surface area contributed by atoms with E-state index < -0.39 is 0 Å². The van der Waals surface area contributed by atoms with Crippen molar-refractivity contribution in [3.63, 3.8) is 0 Å². The zero-order valence-corrected chi connectivity index (χ0v) is 9.86. The summed E-state index contributed by atoms with van der Waals surface area (Å²) in [7, 11) is 0.